The van der Waals surface area contributed by atoms with E-state index in [1.54, 1.807) is 30.4 Å². The topological polar surface area (TPSA) is 80.3 Å². The number of hydrogen-bond acceptors (Lipinski definition) is 6. The molecule has 0 spiro atoms. The summed E-state index contributed by atoms with van der Waals surface area (Å²) >= 11 is 5.91. The van der Waals surface area contributed by atoms with Gasteiger partial charge in [-0.3, -0.25) is 9.69 Å². The third-order valence-electron chi connectivity index (χ3n) is 5.16. The number of rotatable bonds is 9. The molecule has 1 aliphatic heterocycles. The van der Waals surface area contributed by atoms with Gasteiger partial charge in [0.25, 0.3) is 0 Å². The Bertz CT molecular complexity index is 774. The minimum Gasteiger partial charge on any atom is -0.489 e. The zero-order valence-corrected chi connectivity index (χ0v) is 19.3. The first-order valence-electron chi connectivity index (χ1n) is 10.0. The number of carbonyl (C=O) groups excluding carboxylic acids is 1. The molecule has 0 aromatic heterocycles. The van der Waals surface area contributed by atoms with Crippen LogP contribution in [-0.2, 0) is 14.3 Å². The average molecular weight is 473 g/mol. The van der Waals surface area contributed by atoms with Crippen molar-refractivity contribution in [2.45, 2.75) is 37.4 Å². The van der Waals surface area contributed by atoms with Crippen LogP contribution in [0.5, 0.6) is 5.75 Å². The maximum Gasteiger partial charge on any atom is 0.219 e. The molecule has 0 saturated carbocycles. The highest BCUT2D eigenvalue weighted by atomic mass is 35.5. The molecule has 1 saturated heterocycles. The van der Waals surface area contributed by atoms with Gasteiger partial charge in [-0.2, -0.15) is 0 Å². The van der Waals surface area contributed by atoms with Crippen molar-refractivity contribution in [3.63, 3.8) is 0 Å². The van der Waals surface area contributed by atoms with Crippen molar-refractivity contribution < 1.29 is 24.1 Å². The lowest BCUT2D eigenvalue weighted by Gasteiger charge is -2.37. The molecule has 9 heteroatoms. The van der Waals surface area contributed by atoms with Crippen LogP contribution in [0.2, 0.25) is 5.02 Å². The average Bonchev–Trinajstić information content (AvgIpc) is 3.15. The highest BCUT2D eigenvalue weighted by Gasteiger charge is 2.39. The summed E-state index contributed by atoms with van der Waals surface area (Å²) in [5, 5.41) is 13.9. The fourth-order valence-electron chi connectivity index (χ4n) is 3.73. The van der Waals surface area contributed by atoms with Crippen molar-refractivity contribution in [1.29, 1.82) is 0 Å². The number of allylic oxidation sites excluding steroid dienone is 2. The Hall–Kier alpha value is -1.61. The Morgan fingerprint density at radius 2 is 2.10 bits per heavy atom. The molecular formula is C22H30Cl2N2O5. The summed E-state index contributed by atoms with van der Waals surface area (Å²) in [6.07, 6.45) is 6.92. The predicted octanol–water partition coefficient (Wildman–Crippen LogP) is 2.57. The molecule has 1 aromatic rings. The van der Waals surface area contributed by atoms with Crippen LogP contribution in [0.25, 0.3) is 0 Å². The number of halogens is 2. The summed E-state index contributed by atoms with van der Waals surface area (Å²) in [5.41, 5.74) is -1.08. The Balaban J connectivity index is 0.00000341. The second-order valence-corrected chi connectivity index (χ2v) is 8.01. The highest BCUT2D eigenvalue weighted by molar-refractivity contribution is 6.30. The first-order valence-corrected chi connectivity index (χ1v) is 10.4. The van der Waals surface area contributed by atoms with Crippen LogP contribution >= 0.6 is 24.0 Å². The van der Waals surface area contributed by atoms with Gasteiger partial charge in [0, 0.05) is 38.7 Å². The van der Waals surface area contributed by atoms with Crippen LogP contribution in [0.15, 0.2) is 48.6 Å². The standard InChI is InChI=1S/C22H29ClN2O5.ClH/c1-16(26)24-22(28-2)11-4-3-5-21(22)29-15-18(27)13-25-12-10-20(14-25)30-19-8-6-17(23)7-9-19;/h3-9,11,18,20-21,27H,10,12-15H2,1-2H3,(H,24,26);1H. The highest BCUT2D eigenvalue weighted by Crippen LogP contribution is 2.23. The van der Waals surface area contributed by atoms with E-state index in [9.17, 15) is 9.90 Å². The fourth-order valence-corrected chi connectivity index (χ4v) is 3.86. The molecule has 7 nitrogen and oxygen atoms in total. The molecule has 1 fully saturated rings. The lowest BCUT2D eigenvalue weighted by Crippen LogP contribution is -2.57. The van der Waals surface area contributed by atoms with Crippen LogP contribution in [0, 0.1) is 0 Å². The van der Waals surface area contributed by atoms with Gasteiger partial charge in [0.05, 0.1) is 12.7 Å². The van der Waals surface area contributed by atoms with E-state index in [2.05, 4.69) is 10.2 Å². The lowest BCUT2D eigenvalue weighted by molar-refractivity contribution is -0.141. The molecule has 172 valence electrons. The number of nitrogens with one attached hydrogen (secondary N) is 1. The summed E-state index contributed by atoms with van der Waals surface area (Å²) in [6, 6.07) is 7.33. The molecule has 4 unspecified atom stereocenters. The number of carbonyl (C=O) groups is 1. The van der Waals surface area contributed by atoms with Gasteiger partial charge >= 0.3 is 0 Å². The Labute approximate surface area is 194 Å². The smallest absolute Gasteiger partial charge is 0.219 e. The first-order chi connectivity index (χ1) is 14.4. The van der Waals surface area contributed by atoms with Crippen LogP contribution in [0.3, 0.4) is 0 Å². The number of aliphatic hydroxyl groups is 1. The van der Waals surface area contributed by atoms with E-state index >= 15 is 0 Å². The van der Waals surface area contributed by atoms with E-state index in [-0.39, 0.29) is 31.0 Å². The van der Waals surface area contributed by atoms with Gasteiger partial charge in [-0.1, -0.05) is 29.8 Å². The van der Waals surface area contributed by atoms with Gasteiger partial charge in [0.15, 0.2) is 5.72 Å². The van der Waals surface area contributed by atoms with E-state index < -0.39 is 17.9 Å². The summed E-state index contributed by atoms with van der Waals surface area (Å²) in [5.74, 6) is 0.566. The third-order valence-corrected chi connectivity index (χ3v) is 5.41. The Kier molecular flexibility index (Phi) is 9.81. The minimum absolute atomic E-state index is 0. The number of methoxy groups -OCH3 is 1. The quantitative estimate of drug-likeness (QED) is 0.537. The SMILES string of the molecule is COC1(NC(C)=O)C=CC=CC1OCC(O)CN1CCC(Oc2ccc(Cl)cc2)C1.Cl. The van der Waals surface area contributed by atoms with Gasteiger partial charge in [-0.05, 0) is 36.8 Å². The molecular weight excluding hydrogens is 443 g/mol. The molecule has 1 heterocycles. The van der Waals surface area contributed by atoms with Crippen molar-refractivity contribution in [2.24, 2.45) is 0 Å². The summed E-state index contributed by atoms with van der Waals surface area (Å²) in [6.45, 7) is 3.60. The number of ether oxygens (including phenoxy) is 3. The molecule has 1 aromatic carbocycles. The monoisotopic (exact) mass is 472 g/mol. The van der Waals surface area contributed by atoms with Crippen LogP contribution in [-0.4, -0.2) is 73.3 Å². The second kappa shape index (κ2) is 11.9. The zero-order chi connectivity index (χ0) is 21.6. The van der Waals surface area contributed by atoms with E-state index in [4.69, 9.17) is 25.8 Å². The fraction of sp³-hybridized carbons (Fsp3) is 0.500. The summed E-state index contributed by atoms with van der Waals surface area (Å²) < 4.78 is 17.4. The van der Waals surface area contributed by atoms with Crippen molar-refractivity contribution >= 4 is 29.9 Å². The molecule has 0 bridgehead atoms. The number of amides is 1. The zero-order valence-electron chi connectivity index (χ0n) is 17.7. The van der Waals surface area contributed by atoms with Crippen molar-refractivity contribution in [1.82, 2.24) is 10.2 Å². The van der Waals surface area contributed by atoms with Gasteiger partial charge in [0.2, 0.25) is 5.91 Å². The van der Waals surface area contributed by atoms with Gasteiger partial charge in [-0.15, -0.1) is 12.4 Å². The Morgan fingerprint density at radius 3 is 2.77 bits per heavy atom. The molecule has 3 rings (SSSR count). The summed E-state index contributed by atoms with van der Waals surface area (Å²) in [7, 11) is 1.51. The number of nitrogens with zero attached hydrogens (tertiary/aromatic N) is 1. The molecule has 1 amide bonds. The largest absolute Gasteiger partial charge is 0.489 e. The van der Waals surface area contributed by atoms with Gasteiger partial charge in [0.1, 0.15) is 18.0 Å². The number of β-amino-alcohol motifs (C(OH)–C–C–N with tert-alkyl or cyclic N) is 1. The first kappa shape index (κ1) is 25.6. The van der Waals surface area contributed by atoms with E-state index in [0.29, 0.717) is 11.6 Å². The van der Waals surface area contributed by atoms with Crippen LogP contribution < -0.4 is 10.1 Å². The molecule has 0 radical (unpaired) electrons. The Morgan fingerprint density at radius 1 is 1.35 bits per heavy atom. The van der Waals surface area contributed by atoms with Crippen molar-refractivity contribution in [2.75, 3.05) is 33.4 Å². The molecule has 2 N–H and O–H groups in total. The predicted molar refractivity (Wildman–Crippen MR) is 122 cm³/mol. The van der Waals surface area contributed by atoms with E-state index in [0.717, 1.165) is 25.3 Å². The normalized spacial score (nSPS) is 26.3. The number of benzene rings is 1. The number of aliphatic hydroxyl groups excluding tert-OH is 1. The van der Waals surface area contributed by atoms with E-state index in [1.807, 2.05) is 18.2 Å². The van der Waals surface area contributed by atoms with Gasteiger partial charge in [-0.25, -0.2) is 0 Å². The second-order valence-electron chi connectivity index (χ2n) is 7.57. The summed E-state index contributed by atoms with van der Waals surface area (Å²) in [4.78, 5) is 13.7. The van der Waals surface area contributed by atoms with Crippen LogP contribution in [0.4, 0.5) is 0 Å². The maximum atomic E-state index is 11.6. The maximum absolute atomic E-state index is 11.6. The van der Waals surface area contributed by atoms with E-state index in [1.165, 1.54) is 14.0 Å². The molecule has 31 heavy (non-hydrogen) atoms. The third kappa shape index (κ3) is 7.20. The van der Waals surface area contributed by atoms with Crippen LogP contribution in [0.1, 0.15) is 13.3 Å². The van der Waals surface area contributed by atoms with Gasteiger partial charge < -0.3 is 24.6 Å². The number of likely N-dealkylation sites (tertiary alicyclic amines) is 1. The molecule has 1 aliphatic carbocycles. The number of hydrogen-bond donors (Lipinski definition) is 2. The van der Waals surface area contributed by atoms with Crippen molar-refractivity contribution in [3.05, 3.63) is 53.6 Å². The lowest BCUT2D eigenvalue weighted by atomic mass is 10.0. The molecule has 2 aliphatic rings. The molecule has 4 atom stereocenters. The minimum atomic E-state index is -1.08. The van der Waals surface area contributed by atoms with Crippen molar-refractivity contribution in [3.8, 4) is 5.75 Å².